The summed E-state index contributed by atoms with van der Waals surface area (Å²) >= 11 is 0. The Kier molecular flexibility index (Phi) is 3.94. The van der Waals surface area contributed by atoms with Crippen LogP contribution in [0, 0.1) is 0 Å². The van der Waals surface area contributed by atoms with Crippen LogP contribution >= 0.6 is 0 Å². The Hall–Kier alpha value is -1.88. The van der Waals surface area contributed by atoms with Gasteiger partial charge in [-0.25, -0.2) is 4.98 Å². The largest absolute Gasteiger partial charge is 0.495 e. The molecule has 1 atom stereocenters. The van der Waals surface area contributed by atoms with Gasteiger partial charge in [-0.3, -0.25) is 4.98 Å². The van der Waals surface area contributed by atoms with E-state index in [-0.39, 0.29) is 0 Å². The van der Waals surface area contributed by atoms with Gasteiger partial charge in [-0.15, -0.1) is 0 Å². The Morgan fingerprint density at radius 2 is 2.28 bits per heavy atom. The Bertz CT molecular complexity index is 510. The highest BCUT2D eigenvalue weighted by atomic mass is 16.5. The summed E-state index contributed by atoms with van der Waals surface area (Å²) in [6, 6.07) is 1.78. The van der Waals surface area contributed by atoms with Crippen molar-refractivity contribution in [1.82, 2.24) is 14.5 Å². The SMILES string of the molecule is COc1cnccc1C(O)CCc1nccn1C. The molecule has 5 heteroatoms. The van der Waals surface area contributed by atoms with Crippen LogP contribution in [0.15, 0.2) is 30.9 Å². The lowest BCUT2D eigenvalue weighted by Crippen LogP contribution is -2.05. The number of pyridine rings is 1. The van der Waals surface area contributed by atoms with Gasteiger partial charge in [0.2, 0.25) is 0 Å². The summed E-state index contributed by atoms with van der Waals surface area (Å²) in [6.45, 7) is 0. The van der Waals surface area contributed by atoms with Crippen LogP contribution in [0.4, 0.5) is 0 Å². The third-order valence-corrected chi connectivity index (χ3v) is 2.96. The molecular weight excluding hydrogens is 230 g/mol. The minimum atomic E-state index is -0.570. The second-order valence-electron chi connectivity index (χ2n) is 4.13. The van der Waals surface area contributed by atoms with Gasteiger partial charge in [0.05, 0.1) is 19.4 Å². The third kappa shape index (κ3) is 2.68. The van der Waals surface area contributed by atoms with Crippen LogP contribution in [0.3, 0.4) is 0 Å². The van der Waals surface area contributed by atoms with Crippen molar-refractivity contribution in [1.29, 1.82) is 0 Å². The standard InChI is InChI=1S/C13H17N3O2/c1-16-8-7-15-13(16)4-3-11(17)10-5-6-14-9-12(10)18-2/h5-9,11,17H,3-4H2,1-2H3. The monoisotopic (exact) mass is 247 g/mol. The Labute approximate surface area is 106 Å². The van der Waals surface area contributed by atoms with E-state index >= 15 is 0 Å². The first-order valence-electron chi connectivity index (χ1n) is 5.84. The van der Waals surface area contributed by atoms with E-state index in [1.165, 1.54) is 0 Å². The maximum absolute atomic E-state index is 10.2. The van der Waals surface area contributed by atoms with Crippen molar-refractivity contribution < 1.29 is 9.84 Å². The Morgan fingerprint density at radius 3 is 2.94 bits per heavy atom. The van der Waals surface area contributed by atoms with Crippen molar-refractivity contribution in [3.63, 3.8) is 0 Å². The molecule has 0 saturated carbocycles. The molecule has 2 heterocycles. The molecule has 2 rings (SSSR count). The van der Waals surface area contributed by atoms with Crippen molar-refractivity contribution in [3.05, 3.63) is 42.2 Å². The summed E-state index contributed by atoms with van der Waals surface area (Å²) in [6.07, 6.45) is 7.67. The van der Waals surface area contributed by atoms with Crippen LogP contribution in [0.2, 0.25) is 0 Å². The molecule has 2 aromatic heterocycles. The first-order chi connectivity index (χ1) is 8.72. The fourth-order valence-corrected chi connectivity index (χ4v) is 1.90. The van der Waals surface area contributed by atoms with Gasteiger partial charge in [-0.2, -0.15) is 0 Å². The molecule has 5 nitrogen and oxygen atoms in total. The second-order valence-corrected chi connectivity index (χ2v) is 4.13. The van der Waals surface area contributed by atoms with Crippen LogP contribution in [-0.4, -0.2) is 26.8 Å². The van der Waals surface area contributed by atoms with Gasteiger partial charge in [0.15, 0.2) is 0 Å². The number of aliphatic hydroxyl groups excluding tert-OH is 1. The Morgan fingerprint density at radius 1 is 1.44 bits per heavy atom. The number of nitrogens with zero attached hydrogens (tertiary/aromatic N) is 3. The van der Waals surface area contributed by atoms with Crippen molar-refractivity contribution in [2.24, 2.45) is 7.05 Å². The second kappa shape index (κ2) is 5.64. The zero-order valence-electron chi connectivity index (χ0n) is 10.6. The van der Waals surface area contributed by atoms with E-state index in [2.05, 4.69) is 9.97 Å². The van der Waals surface area contributed by atoms with E-state index < -0.39 is 6.10 Å². The quantitative estimate of drug-likeness (QED) is 0.869. The van der Waals surface area contributed by atoms with E-state index in [1.807, 2.05) is 17.8 Å². The van der Waals surface area contributed by atoms with Crippen LogP contribution in [-0.2, 0) is 13.5 Å². The number of aliphatic hydroxyl groups is 1. The van der Waals surface area contributed by atoms with Crippen molar-refractivity contribution >= 4 is 0 Å². The summed E-state index contributed by atoms with van der Waals surface area (Å²) in [5.41, 5.74) is 0.765. The number of imidazole rings is 1. The summed E-state index contributed by atoms with van der Waals surface area (Å²) < 4.78 is 7.14. The van der Waals surface area contributed by atoms with Gasteiger partial charge in [0, 0.05) is 37.6 Å². The summed E-state index contributed by atoms with van der Waals surface area (Å²) in [5, 5.41) is 10.2. The molecule has 0 amide bonds. The van der Waals surface area contributed by atoms with Crippen molar-refractivity contribution in [3.8, 4) is 5.75 Å². The maximum Gasteiger partial charge on any atom is 0.142 e. The number of hydrogen-bond acceptors (Lipinski definition) is 4. The van der Waals surface area contributed by atoms with E-state index in [0.717, 1.165) is 17.8 Å². The number of aromatic nitrogens is 3. The predicted molar refractivity (Wildman–Crippen MR) is 67.3 cm³/mol. The van der Waals surface area contributed by atoms with Crippen molar-refractivity contribution in [2.45, 2.75) is 18.9 Å². The highest BCUT2D eigenvalue weighted by molar-refractivity contribution is 5.31. The minimum absolute atomic E-state index is 0.570. The molecule has 0 saturated heterocycles. The fourth-order valence-electron chi connectivity index (χ4n) is 1.90. The number of aryl methyl sites for hydroxylation is 2. The zero-order valence-corrected chi connectivity index (χ0v) is 10.6. The highest BCUT2D eigenvalue weighted by Gasteiger charge is 2.14. The van der Waals surface area contributed by atoms with E-state index in [9.17, 15) is 5.11 Å². The van der Waals surface area contributed by atoms with E-state index in [1.54, 1.807) is 31.8 Å². The van der Waals surface area contributed by atoms with Crippen LogP contribution in [0.25, 0.3) is 0 Å². The lowest BCUT2D eigenvalue weighted by Gasteiger charge is -2.13. The molecule has 0 radical (unpaired) electrons. The normalized spacial score (nSPS) is 12.4. The van der Waals surface area contributed by atoms with Crippen LogP contribution in [0.5, 0.6) is 5.75 Å². The molecule has 0 bridgehead atoms. The minimum Gasteiger partial charge on any atom is -0.495 e. The third-order valence-electron chi connectivity index (χ3n) is 2.96. The van der Waals surface area contributed by atoms with Crippen molar-refractivity contribution in [2.75, 3.05) is 7.11 Å². The molecule has 1 unspecified atom stereocenters. The first kappa shape index (κ1) is 12.6. The first-order valence-corrected chi connectivity index (χ1v) is 5.84. The smallest absolute Gasteiger partial charge is 0.142 e. The molecule has 0 aliphatic carbocycles. The molecule has 2 aromatic rings. The number of hydrogen-bond donors (Lipinski definition) is 1. The number of methoxy groups -OCH3 is 1. The predicted octanol–water partition coefficient (Wildman–Crippen LogP) is 1.49. The summed E-state index contributed by atoms with van der Waals surface area (Å²) in [7, 11) is 3.52. The molecule has 0 aliphatic rings. The fraction of sp³-hybridized carbons (Fsp3) is 0.385. The topological polar surface area (TPSA) is 60.2 Å². The van der Waals surface area contributed by atoms with Crippen LogP contribution < -0.4 is 4.74 Å². The average Bonchev–Trinajstić information content (AvgIpc) is 2.81. The molecule has 0 aliphatic heterocycles. The van der Waals surface area contributed by atoms with Gasteiger partial charge in [0.1, 0.15) is 11.6 Å². The van der Waals surface area contributed by atoms with Gasteiger partial charge < -0.3 is 14.4 Å². The number of ether oxygens (including phenoxy) is 1. The molecular formula is C13H17N3O2. The lowest BCUT2D eigenvalue weighted by atomic mass is 10.1. The Balaban J connectivity index is 2.03. The molecule has 1 N–H and O–H groups in total. The maximum atomic E-state index is 10.2. The molecule has 18 heavy (non-hydrogen) atoms. The van der Waals surface area contributed by atoms with Crippen LogP contribution in [0.1, 0.15) is 23.9 Å². The zero-order chi connectivity index (χ0) is 13.0. The van der Waals surface area contributed by atoms with Gasteiger partial charge in [-0.05, 0) is 12.5 Å². The summed E-state index contributed by atoms with van der Waals surface area (Å²) in [5.74, 6) is 1.58. The summed E-state index contributed by atoms with van der Waals surface area (Å²) in [4.78, 5) is 8.20. The van der Waals surface area contributed by atoms with Gasteiger partial charge in [-0.1, -0.05) is 0 Å². The van der Waals surface area contributed by atoms with E-state index in [4.69, 9.17) is 4.74 Å². The van der Waals surface area contributed by atoms with Gasteiger partial charge in [0.25, 0.3) is 0 Å². The molecule has 0 aromatic carbocycles. The number of rotatable bonds is 5. The highest BCUT2D eigenvalue weighted by Crippen LogP contribution is 2.26. The average molecular weight is 247 g/mol. The molecule has 96 valence electrons. The molecule has 0 spiro atoms. The van der Waals surface area contributed by atoms with E-state index in [0.29, 0.717) is 12.2 Å². The van der Waals surface area contributed by atoms with Gasteiger partial charge >= 0.3 is 0 Å². The molecule has 0 fully saturated rings. The lowest BCUT2D eigenvalue weighted by molar-refractivity contribution is 0.162.